The summed E-state index contributed by atoms with van der Waals surface area (Å²) in [6, 6.07) is 10.1. The molecule has 10 heteroatoms. The van der Waals surface area contributed by atoms with Crippen LogP contribution in [-0.2, 0) is 6.18 Å². The Morgan fingerprint density at radius 1 is 1.13 bits per heavy atom. The highest BCUT2D eigenvalue weighted by Gasteiger charge is 2.46. The fourth-order valence-electron chi connectivity index (χ4n) is 3.81. The number of alkyl halides is 3. The highest BCUT2D eigenvalue weighted by atomic mass is 19.4. The lowest BCUT2D eigenvalue weighted by molar-refractivity contribution is -0.137. The van der Waals surface area contributed by atoms with Gasteiger partial charge in [-0.2, -0.15) is 13.2 Å². The zero-order valence-corrected chi connectivity index (χ0v) is 15.9. The molecule has 6 nitrogen and oxygen atoms in total. The summed E-state index contributed by atoms with van der Waals surface area (Å²) in [4.78, 5) is 24.9. The van der Waals surface area contributed by atoms with E-state index in [1.807, 2.05) is 4.90 Å². The molecule has 5 rings (SSSR count). The van der Waals surface area contributed by atoms with Crippen LogP contribution in [-0.4, -0.2) is 28.7 Å². The molecule has 2 aliphatic rings. The van der Waals surface area contributed by atoms with Crippen LogP contribution in [0.15, 0.2) is 54.7 Å². The van der Waals surface area contributed by atoms with Gasteiger partial charge in [0, 0.05) is 24.7 Å². The highest BCUT2D eigenvalue weighted by Crippen LogP contribution is 2.45. The summed E-state index contributed by atoms with van der Waals surface area (Å²) in [7, 11) is 0. The summed E-state index contributed by atoms with van der Waals surface area (Å²) in [6.45, 7) is 0.726. The second kappa shape index (κ2) is 6.93. The van der Waals surface area contributed by atoms with Crippen molar-refractivity contribution in [1.29, 1.82) is 0 Å². The van der Waals surface area contributed by atoms with Crippen LogP contribution < -0.4 is 15.1 Å². The Morgan fingerprint density at radius 2 is 1.97 bits per heavy atom. The van der Waals surface area contributed by atoms with Crippen molar-refractivity contribution >= 4 is 23.4 Å². The van der Waals surface area contributed by atoms with E-state index in [0.29, 0.717) is 23.4 Å². The molecule has 0 spiro atoms. The summed E-state index contributed by atoms with van der Waals surface area (Å²) in [5.41, 5.74) is -0.279. The van der Waals surface area contributed by atoms with Gasteiger partial charge in [0.25, 0.3) is 0 Å². The Balaban J connectivity index is 1.53. The van der Waals surface area contributed by atoms with E-state index in [9.17, 15) is 22.4 Å². The lowest BCUT2D eigenvalue weighted by Gasteiger charge is -2.39. The van der Waals surface area contributed by atoms with E-state index in [-0.39, 0.29) is 17.4 Å². The first-order valence-electron chi connectivity index (χ1n) is 9.48. The summed E-state index contributed by atoms with van der Waals surface area (Å²) in [5.74, 6) is -0.338. The standard InChI is InChI=1S/C21H15F4N5O/c22-14-10-12(9-13(11-14)21(23,24)25)15-4-5-16-19(27-15)30(18-6-8-29(16)18)20(31)28-17-3-1-2-7-26-17/h1-5,7,9-11,18H,6,8H2,(H,26,28,31)/t18-/m0/s1. The molecule has 158 valence electrons. The van der Waals surface area contributed by atoms with Gasteiger partial charge in [-0.05, 0) is 42.5 Å². The predicted octanol–water partition coefficient (Wildman–Crippen LogP) is 4.89. The van der Waals surface area contributed by atoms with Crippen LogP contribution in [0.25, 0.3) is 11.3 Å². The van der Waals surface area contributed by atoms with Crippen LogP contribution in [0.2, 0.25) is 0 Å². The number of urea groups is 1. The molecular formula is C21H15F4N5O. The van der Waals surface area contributed by atoms with E-state index in [4.69, 9.17) is 0 Å². The number of carbonyl (C=O) groups excluding carboxylic acids is 1. The van der Waals surface area contributed by atoms with E-state index in [1.54, 1.807) is 30.5 Å². The van der Waals surface area contributed by atoms with Gasteiger partial charge < -0.3 is 4.90 Å². The van der Waals surface area contributed by atoms with Gasteiger partial charge in [-0.3, -0.25) is 10.2 Å². The second-order valence-corrected chi connectivity index (χ2v) is 7.24. The Bertz CT molecular complexity index is 1170. The first-order chi connectivity index (χ1) is 14.8. The lowest BCUT2D eigenvalue weighted by atomic mass is 10.1. The van der Waals surface area contributed by atoms with E-state index in [2.05, 4.69) is 15.3 Å². The number of pyridine rings is 2. The molecule has 2 amide bonds. The smallest absolute Gasteiger partial charge is 0.347 e. The quantitative estimate of drug-likeness (QED) is 0.590. The average Bonchev–Trinajstić information content (AvgIpc) is 2.93. The largest absolute Gasteiger partial charge is 0.416 e. The fourth-order valence-corrected chi connectivity index (χ4v) is 3.81. The number of carbonyl (C=O) groups is 1. The molecule has 3 aromatic rings. The van der Waals surface area contributed by atoms with Gasteiger partial charge in [0.2, 0.25) is 0 Å². The number of nitrogens with zero attached hydrogens (tertiary/aromatic N) is 4. The van der Waals surface area contributed by atoms with Crippen LogP contribution in [0.4, 0.5) is 39.7 Å². The van der Waals surface area contributed by atoms with Crippen molar-refractivity contribution in [3.05, 3.63) is 66.1 Å². The fraction of sp³-hybridized carbons (Fsp3) is 0.190. The van der Waals surface area contributed by atoms with E-state index in [1.165, 1.54) is 11.0 Å². The lowest BCUT2D eigenvalue weighted by Crippen LogP contribution is -2.56. The predicted molar refractivity (Wildman–Crippen MR) is 106 cm³/mol. The molecule has 1 saturated heterocycles. The van der Waals surface area contributed by atoms with Crippen LogP contribution >= 0.6 is 0 Å². The molecule has 2 aromatic heterocycles. The monoisotopic (exact) mass is 429 g/mol. The van der Waals surface area contributed by atoms with E-state index < -0.39 is 23.6 Å². The summed E-state index contributed by atoms with van der Waals surface area (Å²) >= 11 is 0. The van der Waals surface area contributed by atoms with Gasteiger partial charge in [-0.15, -0.1) is 0 Å². The molecule has 4 heterocycles. The van der Waals surface area contributed by atoms with Gasteiger partial charge in [0.05, 0.1) is 16.9 Å². The van der Waals surface area contributed by atoms with Crippen molar-refractivity contribution in [3.63, 3.8) is 0 Å². The van der Waals surface area contributed by atoms with Crippen molar-refractivity contribution in [2.45, 2.75) is 18.8 Å². The van der Waals surface area contributed by atoms with Crippen LogP contribution in [0, 0.1) is 5.82 Å². The molecule has 0 unspecified atom stereocenters. The zero-order valence-electron chi connectivity index (χ0n) is 15.9. The molecule has 0 saturated carbocycles. The number of fused-ring (bicyclic) bond motifs is 3. The molecule has 1 atom stereocenters. The van der Waals surface area contributed by atoms with Gasteiger partial charge in [-0.1, -0.05) is 6.07 Å². The van der Waals surface area contributed by atoms with Gasteiger partial charge in [0.1, 0.15) is 17.8 Å². The van der Waals surface area contributed by atoms with Crippen LogP contribution in [0.3, 0.4) is 0 Å². The van der Waals surface area contributed by atoms with Crippen molar-refractivity contribution in [2.24, 2.45) is 0 Å². The summed E-state index contributed by atoms with van der Waals surface area (Å²) < 4.78 is 53.2. The number of anilines is 3. The normalized spacial score (nSPS) is 17.1. The van der Waals surface area contributed by atoms with Crippen molar-refractivity contribution in [3.8, 4) is 11.3 Å². The minimum atomic E-state index is -4.69. The molecule has 0 radical (unpaired) electrons. The molecule has 1 fully saturated rings. The Morgan fingerprint density at radius 3 is 2.65 bits per heavy atom. The summed E-state index contributed by atoms with van der Waals surface area (Å²) in [5, 5.41) is 2.71. The topological polar surface area (TPSA) is 61.4 Å². The Hall–Kier alpha value is -3.69. The Kier molecular flexibility index (Phi) is 4.31. The third-order valence-corrected chi connectivity index (χ3v) is 5.32. The van der Waals surface area contributed by atoms with Gasteiger partial charge >= 0.3 is 12.2 Å². The van der Waals surface area contributed by atoms with Crippen molar-refractivity contribution in [1.82, 2.24) is 9.97 Å². The molecule has 1 aromatic carbocycles. The zero-order chi connectivity index (χ0) is 21.8. The van der Waals surface area contributed by atoms with Crippen LogP contribution in [0.1, 0.15) is 12.0 Å². The number of hydrogen-bond donors (Lipinski definition) is 1. The van der Waals surface area contributed by atoms with Gasteiger partial charge in [-0.25, -0.2) is 19.2 Å². The first-order valence-corrected chi connectivity index (χ1v) is 9.48. The maximum atomic E-state index is 13.9. The third-order valence-electron chi connectivity index (χ3n) is 5.32. The second-order valence-electron chi connectivity index (χ2n) is 7.24. The molecule has 31 heavy (non-hydrogen) atoms. The van der Waals surface area contributed by atoms with Crippen molar-refractivity contribution < 1.29 is 22.4 Å². The molecule has 2 aliphatic heterocycles. The number of aromatic nitrogens is 2. The molecule has 0 aliphatic carbocycles. The maximum absolute atomic E-state index is 13.9. The maximum Gasteiger partial charge on any atom is 0.416 e. The number of rotatable bonds is 2. The van der Waals surface area contributed by atoms with E-state index in [0.717, 1.165) is 25.1 Å². The number of amides is 2. The number of hydrogen-bond acceptors (Lipinski definition) is 4. The Labute approximate surface area is 174 Å². The SMILES string of the molecule is O=C(Nc1ccccn1)N1c2nc(-c3cc(F)cc(C(F)(F)F)c3)ccc2N2CC[C@@H]21. The van der Waals surface area contributed by atoms with E-state index >= 15 is 0 Å². The first kappa shape index (κ1) is 19.3. The average molecular weight is 429 g/mol. The molecule has 0 bridgehead atoms. The minimum absolute atomic E-state index is 0.0190. The molecular weight excluding hydrogens is 414 g/mol. The number of halogens is 4. The number of benzene rings is 1. The minimum Gasteiger partial charge on any atom is -0.347 e. The van der Waals surface area contributed by atoms with Crippen molar-refractivity contribution in [2.75, 3.05) is 21.7 Å². The highest BCUT2D eigenvalue weighted by molar-refractivity contribution is 6.06. The van der Waals surface area contributed by atoms with Gasteiger partial charge in [0.15, 0.2) is 5.82 Å². The van der Waals surface area contributed by atoms with Crippen LogP contribution in [0.5, 0.6) is 0 Å². The molecule has 1 N–H and O–H groups in total. The third kappa shape index (κ3) is 3.33. The summed E-state index contributed by atoms with van der Waals surface area (Å²) in [6.07, 6.45) is -2.66. The number of nitrogens with one attached hydrogen (secondary N) is 1.